The molecule has 38 heavy (non-hydrogen) atoms. The fourth-order valence-corrected chi connectivity index (χ4v) is 4.59. The van der Waals surface area contributed by atoms with Crippen LogP contribution in [0.2, 0.25) is 0 Å². The van der Waals surface area contributed by atoms with Gasteiger partial charge in [-0.1, -0.05) is 63.2 Å². The van der Waals surface area contributed by atoms with Gasteiger partial charge >= 0.3 is 12.0 Å². The zero-order chi connectivity index (χ0) is 28.1. The van der Waals surface area contributed by atoms with Gasteiger partial charge in [0.2, 0.25) is 5.82 Å². The lowest BCUT2D eigenvalue weighted by Crippen LogP contribution is -2.36. The van der Waals surface area contributed by atoms with Gasteiger partial charge in [0.15, 0.2) is 0 Å². The molecule has 0 amide bonds. The Morgan fingerprint density at radius 3 is 2.13 bits per heavy atom. The molecule has 0 saturated heterocycles. The molecule has 3 rings (SSSR count). The van der Waals surface area contributed by atoms with E-state index >= 15 is 0 Å². The Morgan fingerprint density at radius 1 is 0.947 bits per heavy atom. The van der Waals surface area contributed by atoms with Gasteiger partial charge in [-0.25, -0.2) is 4.98 Å². The minimum Gasteiger partial charge on any atom is -0.406 e. The normalized spacial score (nSPS) is 12.2. The molecule has 2 aromatic carbocycles. The van der Waals surface area contributed by atoms with Crippen LogP contribution in [-0.4, -0.2) is 21.8 Å². The average molecular weight is 531 g/mol. The van der Waals surface area contributed by atoms with E-state index < -0.39 is 16.8 Å². The lowest BCUT2D eigenvalue weighted by molar-refractivity contribution is -0.383. The van der Waals surface area contributed by atoms with Crippen LogP contribution in [0.15, 0.2) is 60.7 Å². The van der Waals surface area contributed by atoms with Gasteiger partial charge in [-0.2, -0.15) is 0 Å². The topological polar surface area (TPSA) is 89.3 Å². The summed E-state index contributed by atoms with van der Waals surface area (Å²) in [5, 5.41) is 18.7. The Balaban J connectivity index is 1.98. The third kappa shape index (κ3) is 8.93. The summed E-state index contributed by atoms with van der Waals surface area (Å²) >= 11 is 0. The number of hydrogen-bond acceptors (Lipinski definition) is 6. The molecule has 0 bridgehead atoms. The van der Waals surface area contributed by atoms with Crippen molar-refractivity contribution in [3.05, 3.63) is 87.6 Å². The fraction of sp³-hybridized carbons (Fsp3) is 0.393. The number of halogens is 3. The van der Waals surface area contributed by atoms with E-state index in [1.165, 1.54) is 24.3 Å². The van der Waals surface area contributed by atoms with Gasteiger partial charge in [-0.3, -0.25) is 10.1 Å². The molecule has 0 atom stereocenters. The number of anilines is 2. The fourth-order valence-electron chi connectivity index (χ4n) is 4.59. The van der Waals surface area contributed by atoms with Crippen LogP contribution < -0.4 is 15.4 Å². The molecular formula is C28H33F3N4O3. The van der Waals surface area contributed by atoms with Crippen LogP contribution in [0.25, 0.3) is 0 Å². The molecule has 10 heteroatoms. The molecule has 204 valence electrons. The van der Waals surface area contributed by atoms with Crippen molar-refractivity contribution in [3.8, 4) is 5.75 Å². The maximum Gasteiger partial charge on any atom is 0.573 e. The first-order chi connectivity index (χ1) is 17.6. The molecule has 0 aliphatic rings. The summed E-state index contributed by atoms with van der Waals surface area (Å²) in [6.45, 7) is 10.6. The number of nitrogens with zero attached hydrogens (tertiary/aromatic N) is 2. The summed E-state index contributed by atoms with van der Waals surface area (Å²) in [4.78, 5) is 16.4. The van der Waals surface area contributed by atoms with Gasteiger partial charge in [-0.05, 0) is 55.0 Å². The molecule has 1 aromatic heterocycles. The molecule has 0 aliphatic heterocycles. The highest BCUT2D eigenvalue weighted by Gasteiger charge is 2.32. The first-order valence-corrected chi connectivity index (χ1v) is 12.2. The van der Waals surface area contributed by atoms with E-state index in [0.29, 0.717) is 23.5 Å². The molecule has 2 N–H and O–H groups in total. The highest BCUT2D eigenvalue weighted by molar-refractivity contribution is 5.74. The molecule has 0 unspecified atom stereocenters. The van der Waals surface area contributed by atoms with Gasteiger partial charge in [0, 0.05) is 24.2 Å². The Labute approximate surface area is 220 Å². The standard InChI is InChI=1S/C28H33F3N4O3/c1-26(2,3)18-27(4,5)34-25-24(35(36)37)23(32-17-20-9-7-6-8-10-20)16-21(33-25)15-19-11-13-22(14-12-19)38-28(29,30)31/h6-14,16H,15,17-18H2,1-5H3,(H2,32,33,34). The number of rotatable bonds is 10. The summed E-state index contributed by atoms with van der Waals surface area (Å²) in [5.74, 6) is -0.191. The third-order valence-corrected chi connectivity index (χ3v) is 5.53. The zero-order valence-electron chi connectivity index (χ0n) is 22.1. The molecule has 0 fully saturated rings. The average Bonchev–Trinajstić information content (AvgIpc) is 2.76. The van der Waals surface area contributed by atoms with Crippen molar-refractivity contribution >= 4 is 17.2 Å². The number of benzene rings is 2. The summed E-state index contributed by atoms with van der Waals surface area (Å²) in [6.07, 6.45) is -3.81. The summed E-state index contributed by atoms with van der Waals surface area (Å²) in [5.41, 5.74) is 1.72. The van der Waals surface area contributed by atoms with Gasteiger partial charge in [0.1, 0.15) is 11.4 Å². The minimum atomic E-state index is -4.78. The van der Waals surface area contributed by atoms with Gasteiger partial charge in [0.25, 0.3) is 0 Å². The molecule has 3 aromatic rings. The number of pyridine rings is 1. The third-order valence-electron chi connectivity index (χ3n) is 5.53. The van der Waals surface area contributed by atoms with Crippen molar-refractivity contribution < 1.29 is 22.8 Å². The molecular weight excluding hydrogens is 497 g/mol. The molecule has 0 radical (unpaired) electrons. The second-order valence-corrected chi connectivity index (χ2v) is 11.1. The summed E-state index contributed by atoms with van der Waals surface area (Å²) in [6, 6.07) is 16.6. The number of aromatic nitrogens is 1. The van der Waals surface area contributed by atoms with Crippen LogP contribution in [0.4, 0.5) is 30.4 Å². The van der Waals surface area contributed by atoms with Crippen LogP contribution in [0.3, 0.4) is 0 Å². The van der Waals surface area contributed by atoms with E-state index in [-0.39, 0.29) is 29.1 Å². The second kappa shape index (κ2) is 11.3. The van der Waals surface area contributed by atoms with E-state index in [9.17, 15) is 23.3 Å². The SMILES string of the molecule is CC(C)(C)CC(C)(C)Nc1nc(Cc2ccc(OC(F)(F)F)cc2)cc(NCc2ccccc2)c1[N+](=O)[O-]. The minimum absolute atomic E-state index is 0.0441. The largest absolute Gasteiger partial charge is 0.573 e. The van der Waals surface area contributed by atoms with Crippen LogP contribution in [0.5, 0.6) is 5.75 Å². The Hall–Kier alpha value is -3.82. The van der Waals surface area contributed by atoms with E-state index in [2.05, 4.69) is 41.1 Å². The highest BCUT2D eigenvalue weighted by Crippen LogP contribution is 2.37. The molecule has 0 saturated carbocycles. The Bertz CT molecular complexity index is 1240. The van der Waals surface area contributed by atoms with Crippen LogP contribution >= 0.6 is 0 Å². The lowest BCUT2D eigenvalue weighted by atomic mass is 9.82. The van der Waals surface area contributed by atoms with Crippen LogP contribution in [-0.2, 0) is 13.0 Å². The van der Waals surface area contributed by atoms with Crippen LogP contribution in [0, 0.1) is 15.5 Å². The zero-order valence-corrected chi connectivity index (χ0v) is 22.1. The van der Waals surface area contributed by atoms with Crippen molar-refractivity contribution in [2.75, 3.05) is 10.6 Å². The lowest BCUT2D eigenvalue weighted by Gasteiger charge is -2.33. The maximum absolute atomic E-state index is 12.5. The number of ether oxygens (including phenoxy) is 1. The molecule has 7 nitrogen and oxygen atoms in total. The molecule has 1 heterocycles. The van der Waals surface area contributed by atoms with Gasteiger partial charge in [-0.15, -0.1) is 13.2 Å². The van der Waals surface area contributed by atoms with Crippen molar-refractivity contribution in [2.24, 2.45) is 5.41 Å². The smallest absolute Gasteiger partial charge is 0.406 e. The summed E-state index contributed by atoms with van der Waals surface area (Å²) < 4.78 is 41.5. The van der Waals surface area contributed by atoms with E-state index in [1.54, 1.807) is 6.07 Å². The maximum atomic E-state index is 12.5. The Morgan fingerprint density at radius 2 is 1.58 bits per heavy atom. The van der Waals surface area contributed by atoms with E-state index in [0.717, 1.165) is 12.0 Å². The van der Waals surface area contributed by atoms with Crippen molar-refractivity contribution in [1.29, 1.82) is 0 Å². The highest BCUT2D eigenvalue weighted by atomic mass is 19.4. The van der Waals surface area contributed by atoms with Crippen molar-refractivity contribution in [2.45, 2.75) is 65.9 Å². The van der Waals surface area contributed by atoms with E-state index in [1.807, 2.05) is 44.2 Å². The number of alkyl halides is 3. The first kappa shape index (κ1) is 28.7. The number of nitrogens with one attached hydrogen (secondary N) is 2. The first-order valence-electron chi connectivity index (χ1n) is 12.2. The molecule has 0 aliphatic carbocycles. The quantitative estimate of drug-likeness (QED) is 0.206. The predicted octanol–water partition coefficient (Wildman–Crippen LogP) is 7.72. The van der Waals surface area contributed by atoms with Crippen molar-refractivity contribution in [1.82, 2.24) is 4.98 Å². The molecule has 0 spiro atoms. The monoisotopic (exact) mass is 530 g/mol. The predicted molar refractivity (Wildman–Crippen MR) is 142 cm³/mol. The summed E-state index contributed by atoms with van der Waals surface area (Å²) in [7, 11) is 0. The van der Waals surface area contributed by atoms with E-state index in [4.69, 9.17) is 0 Å². The number of nitro groups is 1. The second-order valence-electron chi connectivity index (χ2n) is 11.1. The van der Waals surface area contributed by atoms with Gasteiger partial charge in [0.05, 0.1) is 4.92 Å². The Kier molecular flexibility index (Phi) is 8.54. The van der Waals surface area contributed by atoms with Gasteiger partial charge < -0.3 is 15.4 Å². The van der Waals surface area contributed by atoms with Crippen molar-refractivity contribution in [3.63, 3.8) is 0 Å². The number of hydrogen-bond donors (Lipinski definition) is 2. The van der Waals surface area contributed by atoms with Crippen LogP contribution in [0.1, 0.15) is 57.9 Å².